The number of hydrogen-bond acceptors (Lipinski definition) is 4. The van der Waals surface area contributed by atoms with Gasteiger partial charge in [0, 0.05) is 19.0 Å². The SMILES string of the molecule is CC(C)(C)OC(=O)NCC(CC(=O)c1cc(Br)c(Br)o1)Cc1ccccc1. The second-order valence-corrected chi connectivity index (χ2v) is 8.87. The Hall–Kier alpha value is -1.60. The van der Waals surface area contributed by atoms with Gasteiger partial charge < -0.3 is 14.5 Å². The summed E-state index contributed by atoms with van der Waals surface area (Å²) in [5, 5.41) is 2.77. The molecule has 27 heavy (non-hydrogen) atoms. The van der Waals surface area contributed by atoms with Crippen molar-refractivity contribution in [3.8, 4) is 0 Å². The topological polar surface area (TPSA) is 68.5 Å². The summed E-state index contributed by atoms with van der Waals surface area (Å²) in [4.78, 5) is 24.6. The molecule has 5 nitrogen and oxygen atoms in total. The second-order valence-electron chi connectivity index (χ2n) is 7.30. The van der Waals surface area contributed by atoms with Crippen LogP contribution in [0.4, 0.5) is 4.79 Å². The van der Waals surface area contributed by atoms with Gasteiger partial charge >= 0.3 is 6.09 Å². The van der Waals surface area contributed by atoms with E-state index < -0.39 is 11.7 Å². The lowest BCUT2D eigenvalue weighted by Crippen LogP contribution is -2.36. The number of ketones is 1. The van der Waals surface area contributed by atoms with E-state index in [1.54, 1.807) is 6.07 Å². The third-order valence-corrected chi connectivity index (χ3v) is 5.41. The number of ether oxygens (including phenoxy) is 1. The first-order valence-electron chi connectivity index (χ1n) is 8.63. The molecule has 1 unspecified atom stereocenters. The molecule has 1 atom stereocenters. The number of nitrogens with one attached hydrogen (secondary N) is 1. The van der Waals surface area contributed by atoms with Crippen LogP contribution in [-0.2, 0) is 11.2 Å². The quantitative estimate of drug-likeness (QED) is 0.490. The summed E-state index contributed by atoms with van der Waals surface area (Å²) in [7, 11) is 0. The molecular formula is C20H23Br2NO4. The van der Waals surface area contributed by atoms with E-state index in [4.69, 9.17) is 9.15 Å². The van der Waals surface area contributed by atoms with E-state index in [2.05, 4.69) is 37.2 Å². The zero-order valence-corrected chi connectivity index (χ0v) is 18.7. The van der Waals surface area contributed by atoms with E-state index >= 15 is 0 Å². The van der Waals surface area contributed by atoms with Gasteiger partial charge in [0.25, 0.3) is 0 Å². The van der Waals surface area contributed by atoms with Crippen LogP contribution >= 0.6 is 31.9 Å². The molecule has 7 heteroatoms. The lowest BCUT2D eigenvalue weighted by Gasteiger charge is -2.22. The minimum atomic E-state index is -0.568. The molecule has 1 N–H and O–H groups in total. The van der Waals surface area contributed by atoms with E-state index in [0.717, 1.165) is 5.56 Å². The van der Waals surface area contributed by atoms with Gasteiger partial charge in [-0.3, -0.25) is 4.79 Å². The van der Waals surface area contributed by atoms with Crippen molar-refractivity contribution in [3.05, 3.63) is 56.9 Å². The Morgan fingerprint density at radius 3 is 2.41 bits per heavy atom. The van der Waals surface area contributed by atoms with E-state index in [0.29, 0.717) is 22.1 Å². The number of furan rings is 1. The molecule has 0 aliphatic carbocycles. The molecule has 0 fully saturated rings. The highest BCUT2D eigenvalue weighted by Crippen LogP contribution is 2.28. The number of alkyl carbamates (subject to hydrolysis) is 1. The minimum absolute atomic E-state index is 0.0879. The van der Waals surface area contributed by atoms with Gasteiger partial charge in [0.2, 0.25) is 0 Å². The first-order valence-corrected chi connectivity index (χ1v) is 10.2. The van der Waals surface area contributed by atoms with E-state index in [-0.39, 0.29) is 23.9 Å². The van der Waals surface area contributed by atoms with Crippen molar-refractivity contribution >= 4 is 43.7 Å². The van der Waals surface area contributed by atoms with Crippen molar-refractivity contribution in [1.82, 2.24) is 5.32 Å². The normalized spacial score (nSPS) is 12.5. The molecule has 0 radical (unpaired) electrons. The molecule has 2 aromatic rings. The number of hydrogen-bond donors (Lipinski definition) is 1. The van der Waals surface area contributed by atoms with Gasteiger partial charge in [-0.1, -0.05) is 30.3 Å². The fraction of sp³-hybridized carbons (Fsp3) is 0.400. The van der Waals surface area contributed by atoms with Crippen molar-refractivity contribution < 1.29 is 18.7 Å². The maximum atomic E-state index is 12.6. The molecule has 0 saturated heterocycles. The van der Waals surface area contributed by atoms with Crippen molar-refractivity contribution in [2.75, 3.05) is 6.54 Å². The molecular weight excluding hydrogens is 478 g/mol. The van der Waals surface area contributed by atoms with Crippen LogP contribution in [0.2, 0.25) is 0 Å². The summed E-state index contributed by atoms with van der Waals surface area (Å²) in [6, 6.07) is 11.5. The lowest BCUT2D eigenvalue weighted by molar-refractivity contribution is 0.0515. The second kappa shape index (κ2) is 9.55. The predicted octanol–water partition coefficient (Wildman–Crippen LogP) is 5.76. The molecule has 146 valence electrons. The van der Waals surface area contributed by atoms with Gasteiger partial charge in [-0.25, -0.2) is 4.79 Å². The minimum Gasteiger partial charge on any atom is -0.445 e. The van der Waals surface area contributed by atoms with Gasteiger partial charge in [-0.15, -0.1) is 0 Å². The Morgan fingerprint density at radius 2 is 1.85 bits per heavy atom. The highest BCUT2D eigenvalue weighted by Gasteiger charge is 2.22. The Balaban J connectivity index is 2.04. The number of halogens is 2. The number of carbonyl (C=O) groups excluding carboxylic acids is 2. The Kier molecular flexibility index (Phi) is 7.68. The summed E-state index contributed by atoms with van der Waals surface area (Å²) < 4.78 is 11.9. The average molecular weight is 501 g/mol. The molecule has 0 aliphatic rings. The number of amides is 1. The van der Waals surface area contributed by atoms with Crippen LogP contribution in [0.5, 0.6) is 0 Å². The smallest absolute Gasteiger partial charge is 0.407 e. The summed E-state index contributed by atoms with van der Waals surface area (Å²) in [5.41, 5.74) is 0.532. The van der Waals surface area contributed by atoms with Crippen LogP contribution in [0.25, 0.3) is 0 Å². The Bertz CT molecular complexity index is 762. The van der Waals surface area contributed by atoms with Crippen LogP contribution in [0, 0.1) is 5.92 Å². The number of Topliss-reactive ketones (excluding diaryl/α,β-unsaturated/α-hetero) is 1. The molecule has 1 heterocycles. The van der Waals surface area contributed by atoms with Crippen LogP contribution in [0.1, 0.15) is 43.3 Å². The summed E-state index contributed by atoms with van der Waals surface area (Å²) in [6.45, 7) is 5.76. The van der Waals surface area contributed by atoms with E-state index in [9.17, 15) is 9.59 Å². The third-order valence-electron chi connectivity index (χ3n) is 3.70. The molecule has 1 amide bonds. The fourth-order valence-electron chi connectivity index (χ4n) is 2.55. The highest BCUT2D eigenvalue weighted by atomic mass is 79.9. The summed E-state index contributed by atoms with van der Waals surface area (Å²) in [5.74, 6) is 0.0764. The zero-order chi connectivity index (χ0) is 20.0. The third kappa shape index (κ3) is 7.50. The maximum absolute atomic E-state index is 12.6. The Morgan fingerprint density at radius 1 is 1.19 bits per heavy atom. The Labute approximate surface area is 176 Å². The molecule has 2 rings (SSSR count). The monoisotopic (exact) mass is 499 g/mol. The van der Waals surface area contributed by atoms with Crippen molar-refractivity contribution in [2.24, 2.45) is 5.92 Å². The molecule has 0 aliphatic heterocycles. The van der Waals surface area contributed by atoms with Gasteiger partial charge in [0.1, 0.15) is 5.60 Å². The van der Waals surface area contributed by atoms with Crippen molar-refractivity contribution in [1.29, 1.82) is 0 Å². The summed E-state index contributed by atoms with van der Waals surface area (Å²) in [6.07, 6.45) is 0.416. The lowest BCUT2D eigenvalue weighted by atomic mass is 9.93. The molecule has 1 aromatic carbocycles. The van der Waals surface area contributed by atoms with Crippen LogP contribution < -0.4 is 5.32 Å². The zero-order valence-electron chi connectivity index (χ0n) is 15.6. The standard InChI is InChI=1S/C20H23Br2NO4/c1-20(2,3)27-19(25)23-12-14(9-13-7-5-4-6-8-13)10-16(24)17-11-15(21)18(22)26-17/h4-8,11,14H,9-10,12H2,1-3H3,(H,23,25). The summed E-state index contributed by atoms with van der Waals surface area (Å²) >= 11 is 6.56. The van der Waals surface area contributed by atoms with Crippen molar-refractivity contribution in [2.45, 2.75) is 39.2 Å². The highest BCUT2D eigenvalue weighted by molar-refractivity contribution is 9.13. The van der Waals surface area contributed by atoms with Gasteiger partial charge in [0.15, 0.2) is 16.2 Å². The van der Waals surface area contributed by atoms with Crippen LogP contribution in [-0.4, -0.2) is 24.0 Å². The molecule has 0 bridgehead atoms. The predicted molar refractivity (Wildman–Crippen MR) is 111 cm³/mol. The average Bonchev–Trinajstić information content (AvgIpc) is 2.91. The number of carbonyl (C=O) groups is 2. The van der Waals surface area contributed by atoms with Crippen molar-refractivity contribution in [3.63, 3.8) is 0 Å². The van der Waals surface area contributed by atoms with Gasteiger partial charge in [-0.05, 0) is 70.5 Å². The largest absolute Gasteiger partial charge is 0.445 e. The molecule has 1 aromatic heterocycles. The number of benzene rings is 1. The number of rotatable bonds is 7. The van der Waals surface area contributed by atoms with Crippen LogP contribution in [0.15, 0.2) is 50.0 Å². The molecule has 0 saturated carbocycles. The van der Waals surface area contributed by atoms with E-state index in [1.807, 2.05) is 51.1 Å². The van der Waals surface area contributed by atoms with E-state index in [1.165, 1.54) is 0 Å². The van der Waals surface area contributed by atoms with Crippen LogP contribution in [0.3, 0.4) is 0 Å². The fourth-order valence-corrected chi connectivity index (χ4v) is 3.13. The first-order chi connectivity index (χ1) is 12.6. The molecule has 0 spiro atoms. The maximum Gasteiger partial charge on any atom is 0.407 e. The first kappa shape index (κ1) is 21.7. The van der Waals surface area contributed by atoms with Gasteiger partial charge in [0.05, 0.1) is 4.47 Å². The van der Waals surface area contributed by atoms with Gasteiger partial charge in [-0.2, -0.15) is 0 Å².